The highest BCUT2D eigenvalue weighted by atomic mass is 16.5. The first-order chi connectivity index (χ1) is 14.2. The van der Waals surface area contributed by atoms with Crippen LogP contribution in [0.3, 0.4) is 0 Å². The van der Waals surface area contributed by atoms with Crippen molar-refractivity contribution >= 4 is 29.4 Å². The van der Waals surface area contributed by atoms with E-state index in [0.29, 0.717) is 19.3 Å². The molecule has 9 heteroatoms. The molecule has 6 atom stereocenters. The molecule has 0 aromatic heterocycles. The topological polar surface area (TPSA) is 136 Å². The van der Waals surface area contributed by atoms with Gasteiger partial charge in [-0.05, 0) is 31.1 Å². The summed E-state index contributed by atoms with van der Waals surface area (Å²) in [6.07, 6.45) is 1.30. The molecule has 9 nitrogen and oxygen atoms in total. The molecule has 1 saturated heterocycles. The highest BCUT2D eigenvalue weighted by Gasteiger charge is 2.59. The number of esters is 2. The van der Waals surface area contributed by atoms with Crippen LogP contribution in [0.4, 0.5) is 0 Å². The van der Waals surface area contributed by atoms with Gasteiger partial charge in [0.15, 0.2) is 6.04 Å². The van der Waals surface area contributed by atoms with Crippen LogP contribution in [-0.2, 0) is 33.4 Å². The summed E-state index contributed by atoms with van der Waals surface area (Å²) in [6, 6.07) is -1.17. The standard InChI is InChI=1S/C21H29NO8/c1-21-9-14(24)19-11(12(21)4-6-16(21)25)3-8-18(27)30-15(19)5-7-17(26)22-13(10-23)20(28)29-2/h11-13,15,19,23H,3-10H2,1-2H3,(H,22,26)/t11-,12-,13-,15+,19+,21-/m0/s1. The first kappa shape index (κ1) is 22.4. The minimum atomic E-state index is -1.17. The molecule has 0 aromatic rings. The summed E-state index contributed by atoms with van der Waals surface area (Å²) in [5.41, 5.74) is -0.664. The molecule has 0 aromatic carbocycles. The zero-order valence-corrected chi connectivity index (χ0v) is 17.3. The third kappa shape index (κ3) is 4.12. The van der Waals surface area contributed by atoms with Crippen LogP contribution in [-0.4, -0.2) is 60.4 Å². The molecular formula is C21H29NO8. The van der Waals surface area contributed by atoms with Crippen molar-refractivity contribution in [2.24, 2.45) is 23.2 Å². The fraction of sp³-hybridized carbons (Fsp3) is 0.762. The Morgan fingerprint density at radius 1 is 1.27 bits per heavy atom. The molecule has 0 spiro atoms. The zero-order chi connectivity index (χ0) is 22.1. The maximum absolute atomic E-state index is 13.1. The van der Waals surface area contributed by atoms with E-state index >= 15 is 0 Å². The number of methoxy groups -OCH3 is 1. The summed E-state index contributed by atoms with van der Waals surface area (Å²) >= 11 is 0. The highest BCUT2D eigenvalue weighted by Crippen LogP contribution is 2.56. The lowest BCUT2D eigenvalue weighted by Crippen LogP contribution is -2.50. The lowest BCUT2D eigenvalue weighted by Gasteiger charge is -2.45. The SMILES string of the molecule is COC(=O)[C@H](CO)NC(=O)CC[C@H]1OC(=O)CC[C@@H]2[C@@H]1C(=O)C[C@]1(C)C(=O)CC[C@@H]21. The van der Waals surface area contributed by atoms with Gasteiger partial charge < -0.3 is 19.9 Å². The molecule has 3 rings (SSSR count). The number of amides is 1. The molecule has 1 amide bonds. The lowest BCUT2D eigenvalue weighted by molar-refractivity contribution is -0.157. The van der Waals surface area contributed by atoms with Gasteiger partial charge in [0.1, 0.15) is 17.7 Å². The van der Waals surface area contributed by atoms with Gasteiger partial charge in [0.25, 0.3) is 0 Å². The fourth-order valence-corrected chi connectivity index (χ4v) is 5.53. The van der Waals surface area contributed by atoms with Gasteiger partial charge in [-0.25, -0.2) is 4.79 Å². The Balaban J connectivity index is 1.72. The van der Waals surface area contributed by atoms with E-state index in [9.17, 15) is 29.1 Å². The largest absolute Gasteiger partial charge is 0.467 e. The summed E-state index contributed by atoms with van der Waals surface area (Å²) in [5.74, 6) is -2.26. The molecule has 1 aliphatic heterocycles. The van der Waals surface area contributed by atoms with E-state index in [0.717, 1.165) is 7.11 Å². The van der Waals surface area contributed by atoms with Gasteiger partial charge in [-0.2, -0.15) is 0 Å². The number of ketones is 2. The molecule has 0 bridgehead atoms. The summed E-state index contributed by atoms with van der Waals surface area (Å²) in [7, 11) is 1.15. The molecule has 0 radical (unpaired) electrons. The maximum Gasteiger partial charge on any atom is 0.330 e. The molecule has 2 saturated carbocycles. The van der Waals surface area contributed by atoms with Crippen molar-refractivity contribution in [1.29, 1.82) is 0 Å². The van der Waals surface area contributed by atoms with E-state index in [1.165, 1.54) is 0 Å². The number of carbonyl (C=O) groups is 5. The molecule has 166 valence electrons. The lowest BCUT2D eigenvalue weighted by atomic mass is 9.57. The Bertz CT molecular complexity index is 749. The summed E-state index contributed by atoms with van der Waals surface area (Å²) in [5, 5.41) is 11.6. The van der Waals surface area contributed by atoms with Crippen molar-refractivity contribution < 1.29 is 38.6 Å². The Kier molecular flexibility index (Phi) is 6.59. The number of Topliss-reactive ketones (excluding diaryl/α,β-unsaturated/α-hetero) is 2. The van der Waals surface area contributed by atoms with Crippen LogP contribution in [0.15, 0.2) is 0 Å². The van der Waals surface area contributed by atoms with Gasteiger partial charge in [-0.1, -0.05) is 6.92 Å². The van der Waals surface area contributed by atoms with Crippen LogP contribution < -0.4 is 5.32 Å². The Morgan fingerprint density at radius 3 is 2.67 bits per heavy atom. The molecule has 30 heavy (non-hydrogen) atoms. The Labute approximate surface area is 174 Å². The number of fused-ring (bicyclic) bond motifs is 3. The van der Waals surface area contributed by atoms with Crippen molar-refractivity contribution in [2.45, 2.75) is 64.0 Å². The number of rotatable bonds is 6. The first-order valence-electron chi connectivity index (χ1n) is 10.4. The Hall–Kier alpha value is -2.29. The van der Waals surface area contributed by atoms with Crippen LogP contribution in [0.1, 0.15) is 51.9 Å². The number of carbonyl (C=O) groups excluding carboxylic acids is 5. The van der Waals surface area contributed by atoms with Gasteiger partial charge in [-0.3, -0.25) is 19.2 Å². The van der Waals surface area contributed by atoms with Crippen molar-refractivity contribution in [2.75, 3.05) is 13.7 Å². The molecule has 3 fully saturated rings. The average Bonchev–Trinajstić information content (AvgIpc) is 2.89. The average molecular weight is 423 g/mol. The molecule has 2 aliphatic carbocycles. The van der Waals surface area contributed by atoms with E-state index in [2.05, 4.69) is 10.1 Å². The van der Waals surface area contributed by atoms with E-state index in [-0.39, 0.29) is 49.1 Å². The third-order valence-electron chi connectivity index (χ3n) is 7.05. The zero-order valence-electron chi connectivity index (χ0n) is 17.3. The normalized spacial score (nSPS) is 34.3. The molecule has 1 heterocycles. The number of aliphatic hydroxyl groups is 1. The van der Waals surface area contributed by atoms with Crippen LogP contribution >= 0.6 is 0 Å². The molecular weight excluding hydrogens is 394 g/mol. The second-order valence-corrected chi connectivity index (χ2v) is 8.75. The smallest absolute Gasteiger partial charge is 0.330 e. The monoisotopic (exact) mass is 423 g/mol. The number of nitrogens with one attached hydrogen (secondary N) is 1. The second-order valence-electron chi connectivity index (χ2n) is 8.75. The van der Waals surface area contributed by atoms with Gasteiger partial charge in [-0.15, -0.1) is 0 Å². The summed E-state index contributed by atoms with van der Waals surface area (Å²) in [6.45, 7) is 1.26. The highest BCUT2D eigenvalue weighted by molar-refractivity contribution is 5.95. The number of hydrogen-bond donors (Lipinski definition) is 2. The number of hydrogen-bond acceptors (Lipinski definition) is 8. The molecule has 3 aliphatic rings. The van der Waals surface area contributed by atoms with Crippen molar-refractivity contribution in [3.05, 3.63) is 0 Å². The van der Waals surface area contributed by atoms with Crippen molar-refractivity contribution in [1.82, 2.24) is 5.32 Å². The van der Waals surface area contributed by atoms with Crippen LogP contribution in [0, 0.1) is 23.2 Å². The predicted octanol–water partition coefficient (Wildman–Crippen LogP) is 0.313. The third-order valence-corrected chi connectivity index (χ3v) is 7.05. The van der Waals surface area contributed by atoms with E-state index in [1.807, 2.05) is 6.92 Å². The van der Waals surface area contributed by atoms with Crippen LogP contribution in [0.25, 0.3) is 0 Å². The van der Waals surface area contributed by atoms with Gasteiger partial charge >= 0.3 is 11.9 Å². The minimum absolute atomic E-state index is 0.0385. The summed E-state index contributed by atoms with van der Waals surface area (Å²) < 4.78 is 10.1. The first-order valence-corrected chi connectivity index (χ1v) is 10.4. The van der Waals surface area contributed by atoms with Gasteiger partial charge in [0.2, 0.25) is 5.91 Å². The maximum atomic E-state index is 13.1. The van der Waals surface area contributed by atoms with Crippen molar-refractivity contribution in [3.8, 4) is 0 Å². The van der Waals surface area contributed by atoms with Crippen LogP contribution in [0.2, 0.25) is 0 Å². The van der Waals surface area contributed by atoms with Crippen molar-refractivity contribution in [3.63, 3.8) is 0 Å². The van der Waals surface area contributed by atoms with E-state index in [4.69, 9.17) is 4.74 Å². The fourth-order valence-electron chi connectivity index (χ4n) is 5.53. The van der Waals surface area contributed by atoms with E-state index < -0.39 is 47.9 Å². The molecule has 0 unspecified atom stereocenters. The number of cyclic esters (lactones) is 1. The number of ether oxygens (including phenoxy) is 2. The van der Waals surface area contributed by atoms with Crippen LogP contribution in [0.5, 0.6) is 0 Å². The predicted molar refractivity (Wildman–Crippen MR) is 102 cm³/mol. The Morgan fingerprint density at radius 2 is 2.00 bits per heavy atom. The van der Waals surface area contributed by atoms with Gasteiger partial charge in [0, 0.05) is 31.1 Å². The van der Waals surface area contributed by atoms with Gasteiger partial charge in [0.05, 0.1) is 19.6 Å². The minimum Gasteiger partial charge on any atom is -0.467 e. The quantitative estimate of drug-likeness (QED) is 0.583. The molecule has 2 N–H and O–H groups in total. The summed E-state index contributed by atoms with van der Waals surface area (Å²) in [4.78, 5) is 61.5. The number of aliphatic hydroxyl groups excluding tert-OH is 1. The van der Waals surface area contributed by atoms with E-state index in [1.54, 1.807) is 0 Å². The second kappa shape index (κ2) is 8.83.